The molecule has 0 aliphatic rings. The van der Waals surface area contributed by atoms with E-state index in [0.29, 0.717) is 5.39 Å². The van der Waals surface area contributed by atoms with Crippen LogP contribution < -0.4 is 5.30 Å². The van der Waals surface area contributed by atoms with Crippen LogP contribution in [0.25, 0.3) is 10.8 Å². The van der Waals surface area contributed by atoms with Crippen molar-refractivity contribution in [1.29, 1.82) is 0 Å². The van der Waals surface area contributed by atoms with Gasteiger partial charge in [-0.2, -0.15) is 0 Å². The summed E-state index contributed by atoms with van der Waals surface area (Å²) in [5.41, 5.74) is 0. The zero-order chi connectivity index (χ0) is 11.1. The van der Waals surface area contributed by atoms with Gasteiger partial charge in [0.05, 0.1) is 0 Å². The van der Waals surface area contributed by atoms with E-state index in [1.807, 2.05) is 15.5 Å². The molecule has 0 amide bonds. The van der Waals surface area contributed by atoms with Crippen molar-refractivity contribution in [3.8, 4) is 0 Å². The molecule has 0 aliphatic carbocycles. The fourth-order valence-electron chi connectivity index (χ4n) is 1.39. The Morgan fingerprint density at radius 2 is 1.47 bits per heavy atom. The van der Waals surface area contributed by atoms with E-state index in [0.717, 1.165) is 11.5 Å². The van der Waals surface area contributed by atoms with Crippen molar-refractivity contribution in [3.63, 3.8) is 0 Å². The molecule has 15 heavy (non-hydrogen) atoms. The first-order valence-electron chi connectivity index (χ1n) is 4.22. The summed E-state index contributed by atoms with van der Waals surface area (Å²) in [6, 6.07) is 10.8. The number of halogens is 4. The molecule has 0 nitrogen and oxygen atoms in total. The van der Waals surface area contributed by atoms with E-state index in [4.69, 9.17) is 0 Å². The molecule has 0 aromatic heterocycles. The Morgan fingerprint density at radius 1 is 0.867 bits per heavy atom. The Bertz CT molecular complexity index is 509. The molecule has 0 unspecified atom stereocenters. The molecular weight excluding hydrogens is 288 g/mol. The molecule has 0 heterocycles. The molecule has 0 atom stereocenters. The van der Waals surface area contributed by atoms with Gasteiger partial charge in [-0.1, -0.05) is 0 Å². The van der Waals surface area contributed by atoms with Crippen molar-refractivity contribution < 1.29 is 12.6 Å². The standard InChI is InChI=1S/C10H7BrF3P/c11-15(12,13,14)10-6-5-8-3-1-2-4-9(8)7-10/h1-7H. The molecule has 0 N–H and O–H groups in total. The van der Waals surface area contributed by atoms with E-state index >= 15 is 0 Å². The van der Waals surface area contributed by atoms with Crippen molar-refractivity contribution in [2.75, 3.05) is 0 Å². The second-order valence-corrected chi connectivity index (χ2v) is 8.69. The molecule has 5 heteroatoms. The average molecular weight is 295 g/mol. The third-order valence-electron chi connectivity index (χ3n) is 2.12. The van der Waals surface area contributed by atoms with Crippen LogP contribution in [0.2, 0.25) is 0 Å². The van der Waals surface area contributed by atoms with Gasteiger partial charge >= 0.3 is 92.9 Å². The second-order valence-electron chi connectivity index (χ2n) is 3.25. The number of benzene rings is 2. The summed E-state index contributed by atoms with van der Waals surface area (Å²) in [6.07, 6.45) is -6.30. The van der Waals surface area contributed by atoms with Crippen LogP contribution in [0.5, 0.6) is 0 Å². The van der Waals surface area contributed by atoms with Gasteiger partial charge in [0.15, 0.2) is 0 Å². The Hall–Kier alpha value is -0.600. The van der Waals surface area contributed by atoms with Gasteiger partial charge in [0.2, 0.25) is 0 Å². The average Bonchev–Trinajstić information content (AvgIpc) is 2.14. The Kier molecular flexibility index (Phi) is 2.32. The molecule has 0 spiro atoms. The van der Waals surface area contributed by atoms with Crippen LogP contribution in [0.4, 0.5) is 12.6 Å². The van der Waals surface area contributed by atoms with Crippen LogP contribution in [-0.2, 0) is 0 Å². The molecule has 80 valence electrons. The topological polar surface area (TPSA) is 0 Å². The summed E-state index contributed by atoms with van der Waals surface area (Å²) < 4.78 is 39.2. The summed E-state index contributed by atoms with van der Waals surface area (Å²) >= 11 is 1.91. The first-order valence-corrected chi connectivity index (χ1v) is 8.14. The molecule has 2 rings (SSSR count). The van der Waals surface area contributed by atoms with Gasteiger partial charge in [-0.05, 0) is 0 Å². The van der Waals surface area contributed by atoms with Crippen LogP contribution in [0.15, 0.2) is 42.5 Å². The minimum atomic E-state index is -6.30. The SMILES string of the molecule is FP(F)(F)(Br)c1ccc2ccccc2c1. The predicted octanol–water partition coefficient (Wildman–Crippen LogP) is 4.98. The number of hydrogen-bond donors (Lipinski definition) is 0. The summed E-state index contributed by atoms with van der Waals surface area (Å²) in [4.78, 5) is 0. The monoisotopic (exact) mass is 294 g/mol. The Morgan fingerprint density at radius 3 is 2.07 bits per heavy atom. The number of rotatable bonds is 1. The minimum absolute atomic E-state index is 0.570. The third kappa shape index (κ3) is 2.32. The molecule has 0 saturated heterocycles. The van der Waals surface area contributed by atoms with Crippen molar-refractivity contribution in [1.82, 2.24) is 0 Å². The summed E-state index contributed by atoms with van der Waals surface area (Å²) in [5.74, 6) is 0. The van der Waals surface area contributed by atoms with Crippen molar-refractivity contribution >= 4 is 37.8 Å². The van der Waals surface area contributed by atoms with Crippen LogP contribution in [0.3, 0.4) is 0 Å². The van der Waals surface area contributed by atoms with Gasteiger partial charge in [-0.25, -0.2) is 0 Å². The molecule has 0 radical (unpaired) electrons. The normalized spacial score (nSPS) is 14.8. The Balaban J connectivity index is 2.67. The fraction of sp³-hybridized carbons (Fsp3) is 0. The predicted molar refractivity (Wildman–Crippen MR) is 62.8 cm³/mol. The van der Waals surface area contributed by atoms with Crippen LogP contribution in [-0.4, -0.2) is 0 Å². The van der Waals surface area contributed by atoms with Crippen LogP contribution in [0, 0.1) is 0 Å². The van der Waals surface area contributed by atoms with Gasteiger partial charge in [0, 0.05) is 0 Å². The summed E-state index contributed by atoms with van der Waals surface area (Å²) in [6.45, 7) is 0. The van der Waals surface area contributed by atoms with Crippen molar-refractivity contribution in [2.45, 2.75) is 0 Å². The Labute approximate surface area is 93.1 Å². The number of hydrogen-bond acceptors (Lipinski definition) is 0. The summed E-state index contributed by atoms with van der Waals surface area (Å²) in [7, 11) is 0. The van der Waals surface area contributed by atoms with Crippen molar-refractivity contribution in [3.05, 3.63) is 42.5 Å². The van der Waals surface area contributed by atoms with Gasteiger partial charge in [-0.15, -0.1) is 0 Å². The third-order valence-corrected chi connectivity index (χ3v) is 4.41. The van der Waals surface area contributed by atoms with E-state index in [9.17, 15) is 12.6 Å². The maximum atomic E-state index is 13.1. The number of fused-ring (bicyclic) bond motifs is 1. The fourth-order valence-corrected chi connectivity index (χ4v) is 2.68. The van der Waals surface area contributed by atoms with Gasteiger partial charge in [0.1, 0.15) is 0 Å². The van der Waals surface area contributed by atoms with E-state index < -0.39 is 11.5 Å². The molecular formula is C10H7BrF3P. The van der Waals surface area contributed by atoms with Gasteiger partial charge in [0.25, 0.3) is 0 Å². The second kappa shape index (κ2) is 3.19. The first-order chi connectivity index (χ1) is 6.83. The van der Waals surface area contributed by atoms with Crippen molar-refractivity contribution in [2.24, 2.45) is 0 Å². The van der Waals surface area contributed by atoms with E-state index in [2.05, 4.69) is 0 Å². The quantitative estimate of drug-likeness (QED) is 0.651. The molecule has 0 bridgehead atoms. The van der Waals surface area contributed by atoms with E-state index in [1.165, 1.54) is 12.1 Å². The zero-order valence-corrected chi connectivity index (χ0v) is 9.98. The molecule has 0 aliphatic heterocycles. The zero-order valence-electron chi connectivity index (χ0n) is 7.50. The molecule has 0 fully saturated rings. The van der Waals surface area contributed by atoms with Gasteiger partial charge < -0.3 is 0 Å². The molecule has 2 aromatic rings. The van der Waals surface area contributed by atoms with E-state index in [1.54, 1.807) is 24.3 Å². The van der Waals surface area contributed by atoms with Crippen LogP contribution in [0.1, 0.15) is 0 Å². The van der Waals surface area contributed by atoms with Gasteiger partial charge in [-0.3, -0.25) is 0 Å². The first kappa shape index (κ1) is 10.9. The molecule has 2 aromatic carbocycles. The van der Waals surface area contributed by atoms with Crippen LogP contribution >= 0.6 is 21.7 Å². The maximum absolute atomic E-state index is 13.1. The summed E-state index contributed by atoms with van der Waals surface area (Å²) in [5, 5.41) is 0.852. The molecule has 0 saturated carbocycles. The van der Waals surface area contributed by atoms with E-state index in [-0.39, 0.29) is 0 Å².